The van der Waals surface area contributed by atoms with Gasteiger partial charge in [0.05, 0.1) is 11.6 Å². The van der Waals surface area contributed by atoms with E-state index in [0.717, 1.165) is 0 Å². The van der Waals surface area contributed by atoms with Crippen LogP contribution in [0.5, 0.6) is 0 Å². The highest BCUT2D eigenvalue weighted by atomic mass is 35.5. The van der Waals surface area contributed by atoms with E-state index in [4.69, 9.17) is 16.9 Å². The Hall–Kier alpha value is -0.940. The average Bonchev–Trinajstić information content (AvgIpc) is 1.88. The van der Waals surface area contributed by atoms with Crippen molar-refractivity contribution < 1.29 is 0 Å². The number of nitriles is 1. The van der Waals surface area contributed by atoms with Gasteiger partial charge in [0.2, 0.25) is 0 Å². The summed E-state index contributed by atoms with van der Waals surface area (Å²) in [4.78, 5) is 1.46. The molecule has 1 aliphatic rings. The minimum atomic E-state index is 0.600. The van der Waals surface area contributed by atoms with Gasteiger partial charge in [-0.2, -0.15) is 5.26 Å². The number of allylic oxidation sites excluding steroid dienone is 2. The van der Waals surface area contributed by atoms with Crippen molar-refractivity contribution in [3.63, 3.8) is 0 Å². The first kappa shape index (κ1) is 6.18. The zero-order valence-corrected chi connectivity index (χ0v) is 5.47. The fourth-order valence-electron chi connectivity index (χ4n) is 0.593. The Morgan fingerprint density at radius 3 is 3.00 bits per heavy atom. The van der Waals surface area contributed by atoms with Crippen molar-refractivity contribution in [1.82, 2.24) is 4.90 Å². The van der Waals surface area contributed by atoms with Crippen LogP contribution in [0.1, 0.15) is 0 Å². The predicted octanol–water partition coefficient (Wildman–Crippen LogP) is 1.42. The first-order chi connectivity index (χ1) is 4.33. The van der Waals surface area contributed by atoms with Crippen molar-refractivity contribution in [3.05, 3.63) is 23.4 Å². The summed E-state index contributed by atoms with van der Waals surface area (Å²) in [6.07, 6.45) is 7.17. The Bertz CT molecular complexity index is 200. The molecular formula is C6H5ClN2. The molecule has 3 heteroatoms. The molecule has 9 heavy (non-hydrogen) atoms. The first-order valence-electron chi connectivity index (χ1n) is 2.53. The van der Waals surface area contributed by atoms with Gasteiger partial charge in [-0.1, -0.05) is 17.7 Å². The SMILES string of the molecule is N#CN1C=C(Cl)C=CC1. The van der Waals surface area contributed by atoms with Crippen LogP contribution >= 0.6 is 11.6 Å². The Morgan fingerprint density at radius 1 is 1.78 bits per heavy atom. The maximum absolute atomic E-state index is 8.35. The molecule has 0 bridgehead atoms. The molecule has 0 spiro atoms. The van der Waals surface area contributed by atoms with Crippen LogP contribution < -0.4 is 0 Å². The van der Waals surface area contributed by atoms with Gasteiger partial charge in [-0.25, -0.2) is 0 Å². The van der Waals surface area contributed by atoms with Gasteiger partial charge in [0.25, 0.3) is 0 Å². The highest BCUT2D eigenvalue weighted by molar-refractivity contribution is 6.31. The molecule has 0 aromatic rings. The fraction of sp³-hybridized carbons (Fsp3) is 0.167. The standard InChI is InChI=1S/C6H5ClN2/c7-6-2-1-3-9(4-6)5-8/h1-2,4H,3H2. The smallest absolute Gasteiger partial charge is 0.184 e. The van der Waals surface area contributed by atoms with Crippen LogP contribution in [-0.2, 0) is 0 Å². The van der Waals surface area contributed by atoms with E-state index in [9.17, 15) is 0 Å². The lowest BCUT2D eigenvalue weighted by Gasteiger charge is -2.10. The molecule has 46 valence electrons. The van der Waals surface area contributed by atoms with E-state index < -0.39 is 0 Å². The summed E-state index contributed by atoms with van der Waals surface area (Å²) in [6.45, 7) is 0.632. The van der Waals surface area contributed by atoms with E-state index in [1.165, 1.54) is 4.90 Å². The zero-order chi connectivity index (χ0) is 6.69. The van der Waals surface area contributed by atoms with Gasteiger partial charge < -0.3 is 0 Å². The fourth-order valence-corrected chi connectivity index (χ4v) is 0.800. The molecule has 0 aromatic heterocycles. The Morgan fingerprint density at radius 2 is 2.56 bits per heavy atom. The molecule has 0 saturated heterocycles. The summed E-state index contributed by atoms with van der Waals surface area (Å²) in [5, 5.41) is 8.95. The third-order valence-corrected chi connectivity index (χ3v) is 1.21. The molecule has 0 fully saturated rings. The third-order valence-electron chi connectivity index (χ3n) is 0.987. The minimum absolute atomic E-state index is 0.600. The second-order valence-electron chi connectivity index (χ2n) is 1.67. The summed E-state index contributed by atoms with van der Waals surface area (Å²) in [7, 11) is 0. The second-order valence-corrected chi connectivity index (χ2v) is 2.11. The highest BCUT2D eigenvalue weighted by Crippen LogP contribution is 2.09. The third kappa shape index (κ3) is 1.48. The van der Waals surface area contributed by atoms with Crippen LogP contribution in [0.4, 0.5) is 0 Å². The van der Waals surface area contributed by atoms with Gasteiger partial charge >= 0.3 is 0 Å². The highest BCUT2D eigenvalue weighted by Gasteiger charge is 1.99. The maximum Gasteiger partial charge on any atom is 0.184 e. The molecule has 0 aromatic carbocycles. The van der Waals surface area contributed by atoms with E-state index in [-0.39, 0.29) is 0 Å². The van der Waals surface area contributed by atoms with E-state index in [0.29, 0.717) is 11.6 Å². The molecule has 1 aliphatic heterocycles. The zero-order valence-electron chi connectivity index (χ0n) is 4.71. The summed E-state index contributed by atoms with van der Waals surface area (Å²) < 4.78 is 0. The molecule has 1 rings (SSSR count). The van der Waals surface area contributed by atoms with E-state index in [1.807, 2.05) is 12.3 Å². The van der Waals surface area contributed by atoms with E-state index >= 15 is 0 Å². The van der Waals surface area contributed by atoms with Gasteiger partial charge in [-0.05, 0) is 6.08 Å². The first-order valence-corrected chi connectivity index (χ1v) is 2.91. The van der Waals surface area contributed by atoms with Crippen LogP contribution in [0.2, 0.25) is 0 Å². The minimum Gasteiger partial charge on any atom is -0.281 e. The summed E-state index contributed by atoms with van der Waals surface area (Å²) in [5.74, 6) is 0. The van der Waals surface area contributed by atoms with E-state index in [2.05, 4.69) is 0 Å². The largest absolute Gasteiger partial charge is 0.281 e. The molecule has 0 amide bonds. The topological polar surface area (TPSA) is 27.0 Å². The number of hydrogen-bond acceptors (Lipinski definition) is 2. The molecule has 0 unspecified atom stereocenters. The number of halogens is 1. The monoisotopic (exact) mass is 140 g/mol. The Balaban J connectivity index is 2.69. The van der Waals surface area contributed by atoms with Crippen molar-refractivity contribution in [1.29, 1.82) is 5.26 Å². The lowest BCUT2D eigenvalue weighted by molar-refractivity contribution is 0.579. The predicted molar refractivity (Wildman–Crippen MR) is 35.4 cm³/mol. The summed E-state index contributed by atoms with van der Waals surface area (Å²) >= 11 is 5.57. The van der Waals surface area contributed by atoms with Gasteiger partial charge in [0.15, 0.2) is 6.19 Å². The van der Waals surface area contributed by atoms with E-state index in [1.54, 1.807) is 12.3 Å². The maximum atomic E-state index is 8.35. The Labute approximate surface area is 58.6 Å². The van der Waals surface area contributed by atoms with Crippen molar-refractivity contribution in [2.24, 2.45) is 0 Å². The van der Waals surface area contributed by atoms with Crippen molar-refractivity contribution in [2.75, 3.05) is 6.54 Å². The van der Waals surface area contributed by atoms with Crippen molar-refractivity contribution >= 4 is 11.6 Å². The quantitative estimate of drug-likeness (QED) is 0.476. The number of nitrogens with zero attached hydrogens (tertiary/aromatic N) is 2. The van der Waals surface area contributed by atoms with Gasteiger partial charge in [0, 0.05) is 6.20 Å². The molecule has 0 radical (unpaired) electrons. The van der Waals surface area contributed by atoms with Crippen LogP contribution in [0.3, 0.4) is 0 Å². The normalized spacial score (nSPS) is 16.9. The second kappa shape index (κ2) is 2.56. The molecule has 0 saturated carbocycles. The summed E-state index contributed by atoms with van der Waals surface area (Å²) in [6, 6.07) is 0. The molecule has 0 aliphatic carbocycles. The summed E-state index contributed by atoms with van der Waals surface area (Å²) in [5.41, 5.74) is 0. The molecule has 1 heterocycles. The number of hydrogen-bond donors (Lipinski definition) is 0. The average molecular weight is 141 g/mol. The molecule has 0 N–H and O–H groups in total. The van der Waals surface area contributed by atoms with Crippen LogP contribution in [0.25, 0.3) is 0 Å². The van der Waals surface area contributed by atoms with Gasteiger partial charge in [-0.3, -0.25) is 4.90 Å². The molecule has 2 nitrogen and oxygen atoms in total. The molecule has 0 atom stereocenters. The lowest BCUT2D eigenvalue weighted by Crippen LogP contribution is -2.12. The van der Waals surface area contributed by atoms with Gasteiger partial charge in [0.1, 0.15) is 0 Å². The number of rotatable bonds is 0. The van der Waals surface area contributed by atoms with Gasteiger partial charge in [-0.15, -0.1) is 0 Å². The van der Waals surface area contributed by atoms with Crippen molar-refractivity contribution in [3.8, 4) is 6.19 Å². The lowest BCUT2D eigenvalue weighted by atomic mass is 10.4. The van der Waals surface area contributed by atoms with Crippen LogP contribution in [0.15, 0.2) is 23.4 Å². The van der Waals surface area contributed by atoms with Crippen LogP contribution in [0, 0.1) is 11.5 Å². The van der Waals surface area contributed by atoms with Crippen LogP contribution in [-0.4, -0.2) is 11.4 Å². The van der Waals surface area contributed by atoms with Crippen molar-refractivity contribution in [2.45, 2.75) is 0 Å². The molecular weight excluding hydrogens is 136 g/mol. The Kier molecular flexibility index (Phi) is 1.76.